The van der Waals surface area contributed by atoms with Crippen molar-refractivity contribution in [2.45, 2.75) is 23.8 Å². The lowest BCUT2D eigenvalue weighted by atomic mass is 9.97. The molecule has 0 aliphatic rings. The zero-order valence-electron chi connectivity index (χ0n) is 16.2. The largest absolute Gasteiger partial charge is 0.486 e. The molecule has 2 N–H and O–H groups in total. The number of aliphatic hydroxyl groups is 1. The number of rotatable bonds is 10. The number of nitrogens with one attached hydrogen (secondary N) is 1. The van der Waals surface area contributed by atoms with Gasteiger partial charge < -0.3 is 9.84 Å². The molecule has 3 rings (SSSR count). The highest BCUT2D eigenvalue weighted by atomic mass is 32.2. The third-order valence-corrected chi connectivity index (χ3v) is 6.05. The highest BCUT2D eigenvalue weighted by Crippen LogP contribution is 2.23. The van der Waals surface area contributed by atoms with Gasteiger partial charge >= 0.3 is 0 Å². The zero-order chi connectivity index (χ0) is 21.4. The van der Waals surface area contributed by atoms with Crippen LogP contribution >= 0.6 is 0 Å². The van der Waals surface area contributed by atoms with Crippen LogP contribution in [0.3, 0.4) is 0 Å². The monoisotopic (exact) mass is 430 g/mol. The molecule has 1 heterocycles. The van der Waals surface area contributed by atoms with Crippen molar-refractivity contribution in [1.82, 2.24) is 9.71 Å². The fourth-order valence-corrected chi connectivity index (χ4v) is 4.07. The number of aromatic nitrogens is 1. The number of pyridine rings is 1. The Morgan fingerprint density at radius 3 is 2.47 bits per heavy atom. The van der Waals surface area contributed by atoms with Crippen LogP contribution in [0.1, 0.15) is 23.5 Å². The Bertz CT molecular complexity index is 1050. The van der Waals surface area contributed by atoms with Crippen molar-refractivity contribution in [2.24, 2.45) is 0 Å². The summed E-state index contributed by atoms with van der Waals surface area (Å²) in [6.45, 7) is 0.161. The SMILES string of the molecule is O=S(=O)(NCC(CCO)c1ccncc1)c1ccc(OCc2ccccc2)c(F)c1. The number of sulfonamides is 1. The summed E-state index contributed by atoms with van der Waals surface area (Å²) in [6.07, 6.45) is 3.60. The van der Waals surface area contributed by atoms with E-state index in [2.05, 4.69) is 9.71 Å². The van der Waals surface area contributed by atoms with Gasteiger partial charge in [0.1, 0.15) is 6.61 Å². The topological polar surface area (TPSA) is 88.5 Å². The Hall–Kier alpha value is -2.81. The quantitative estimate of drug-likeness (QED) is 0.516. The van der Waals surface area contributed by atoms with E-state index in [0.717, 1.165) is 17.2 Å². The minimum Gasteiger partial charge on any atom is -0.486 e. The molecule has 8 heteroatoms. The Balaban J connectivity index is 1.67. The Morgan fingerprint density at radius 2 is 1.80 bits per heavy atom. The van der Waals surface area contributed by atoms with E-state index in [0.29, 0.717) is 6.42 Å². The molecule has 0 fully saturated rings. The molecule has 1 aromatic heterocycles. The van der Waals surface area contributed by atoms with Crippen LogP contribution in [0, 0.1) is 5.82 Å². The van der Waals surface area contributed by atoms with Crippen molar-refractivity contribution >= 4 is 10.0 Å². The van der Waals surface area contributed by atoms with Crippen LogP contribution in [-0.4, -0.2) is 31.7 Å². The third kappa shape index (κ3) is 5.85. The lowest BCUT2D eigenvalue weighted by Gasteiger charge is -2.17. The van der Waals surface area contributed by atoms with Gasteiger partial charge in [-0.2, -0.15) is 0 Å². The zero-order valence-corrected chi connectivity index (χ0v) is 17.1. The van der Waals surface area contributed by atoms with E-state index in [1.54, 1.807) is 24.5 Å². The van der Waals surface area contributed by atoms with Crippen LogP contribution in [0.2, 0.25) is 0 Å². The molecule has 2 aromatic carbocycles. The summed E-state index contributed by atoms with van der Waals surface area (Å²) in [6, 6.07) is 16.4. The van der Waals surface area contributed by atoms with Crippen LogP contribution in [0.5, 0.6) is 5.75 Å². The first kappa shape index (κ1) is 21.9. The number of ether oxygens (including phenoxy) is 1. The van der Waals surface area contributed by atoms with Crippen LogP contribution in [0.15, 0.2) is 78.0 Å². The van der Waals surface area contributed by atoms with Crippen molar-refractivity contribution in [3.8, 4) is 5.75 Å². The van der Waals surface area contributed by atoms with E-state index in [4.69, 9.17) is 4.74 Å². The first-order valence-electron chi connectivity index (χ1n) is 9.46. The molecule has 0 saturated carbocycles. The average molecular weight is 431 g/mol. The highest BCUT2D eigenvalue weighted by molar-refractivity contribution is 7.89. The lowest BCUT2D eigenvalue weighted by molar-refractivity contribution is 0.275. The van der Waals surface area contributed by atoms with E-state index < -0.39 is 15.8 Å². The van der Waals surface area contributed by atoms with Crippen molar-refractivity contribution in [3.63, 3.8) is 0 Å². The number of nitrogens with zero attached hydrogens (tertiary/aromatic N) is 1. The molecule has 0 aliphatic carbocycles. The number of benzene rings is 2. The fraction of sp³-hybridized carbons (Fsp3) is 0.227. The molecule has 158 valence electrons. The van der Waals surface area contributed by atoms with Gasteiger partial charge in [0.2, 0.25) is 10.0 Å². The predicted octanol–water partition coefficient (Wildman–Crippen LogP) is 3.24. The van der Waals surface area contributed by atoms with Gasteiger partial charge in [-0.1, -0.05) is 30.3 Å². The van der Waals surface area contributed by atoms with Gasteiger partial charge in [0.05, 0.1) is 4.90 Å². The summed E-state index contributed by atoms with van der Waals surface area (Å²) in [4.78, 5) is 3.75. The molecule has 0 amide bonds. The van der Waals surface area contributed by atoms with E-state index in [-0.39, 0.29) is 36.3 Å². The van der Waals surface area contributed by atoms with Crippen LogP contribution in [0.4, 0.5) is 4.39 Å². The highest BCUT2D eigenvalue weighted by Gasteiger charge is 2.20. The molecule has 6 nitrogen and oxygen atoms in total. The first-order valence-corrected chi connectivity index (χ1v) is 10.9. The number of halogens is 1. The van der Waals surface area contributed by atoms with E-state index in [1.165, 1.54) is 12.1 Å². The standard InChI is InChI=1S/C22H23FN2O4S/c23-21-14-20(6-7-22(21)29-16-17-4-2-1-3-5-17)30(27,28)25-15-19(10-13-26)18-8-11-24-12-9-18/h1-9,11-12,14,19,25-26H,10,13,15-16H2. The van der Waals surface area contributed by atoms with Crippen LogP contribution in [-0.2, 0) is 16.6 Å². The maximum atomic E-state index is 14.4. The second kappa shape index (κ2) is 10.3. The number of aliphatic hydroxyl groups excluding tert-OH is 1. The smallest absolute Gasteiger partial charge is 0.240 e. The van der Waals surface area contributed by atoms with Gasteiger partial charge in [-0.05, 0) is 53.8 Å². The first-order chi connectivity index (χ1) is 14.5. The van der Waals surface area contributed by atoms with Crippen molar-refractivity contribution < 1.29 is 22.7 Å². The molecule has 0 aliphatic heterocycles. The lowest BCUT2D eigenvalue weighted by Crippen LogP contribution is -2.29. The normalized spacial score (nSPS) is 12.5. The van der Waals surface area contributed by atoms with Gasteiger partial charge in [0.15, 0.2) is 11.6 Å². The second-order valence-electron chi connectivity index (χ2n) is 6.71. The summed E-state index contributed by atoms with van der Waals surface area (Å²) < 4.78 is 47.6. The Kier molecular flexibility index (Phi) is 7.51. The van der Waals surface area contributed by atoms with Crippen LogP contribution < -0.4 is 9.46 Å². The number of hydrogen-bond acceptors (Lipinski definition) is 5. The molecule has 0 spiro atoms. The molecule has 1 unspecified atom stereocenters. The van der Waals surface area contributed by atoms with E-state index in [1.807, 2.05) is 30.3 Å². The predicted molar refractivity (Wildman–Crippen MR) is 111 cm³/mol. The van der Waals surface area contributed by atoms with E-state index in [9.17, 15) is 17.9 Å². The van der Waals surface area contributed by atoms with Crippen molar-refractivity contribution in [1.29, 1.82) is 0 Å². The third-order valence-electron chi connectivity index (χ3n) is 4.63. The van der Waals surface area contributed by atoms with Crippen molar-refractivity contribution in [2.75, 3.05) is 13.2 Å². The number of hydrogen-bond donors (Lipinski definition) is 2. The summed E-state index contributed by atoms with van der Waals surface area (Å²) >= 11 is 0. The molecular formula is C22H23FN2O4S. The van der Waals surface area contributed by atoms with Crippen molar-refractivity contribution in [3.05, 3.63) is 90.0 Å². The summed E-state index contributed by atoms with van der Waals surface area (Å²) in [5, 5.41) is 9.29. The molecule has 0 bridgehead atoms. The second-order valence-corrected chi connectivity index (χ2v) is 8.48. The molecule has 0 radical (unpaired) electrons. The maximum absolute atomic E-state index is 14.4. The van der Waals surface area contributed by atoms with Gasteiger partial charge in [-0.3, -0.25) is 4.98 Å². The molecule has 3 aromatic rings. The Labute approximate surface area is 175 Å². The van der Waals surface area contributed by atoms with Crippen LogP contribution in [0.25, 0.3) is 0 Å². The van der Waals surface area contributed by atoms with Gasteiger partial charge in [-0.25, -0.2) is 17.5 Å². The fourth-order valence-electron chi connectivity index (χ4n) is 2.97. The Morgan fingerprint density at radius 1 is 1.07 bits per heavy atom. The molecule has 30 heavy (non-hydrogen) atoms. The molecular weight excluding hydrogens is 407 g/mol. The van der Waals surface area contributed by atoms with E-state index >= 15 is 0 Å². The molecule has 0 saturated heterocycles. The summed E-state index contributed by atoms with van der Waals surface area (Å²) in [5.41, 5.74) is 1.74. The minimum atomic E-state index is -3.93. The molecule has 1 atom stereocenters. The summed E-state index contributed by atoms with van der Waals surface area (Å²) in [5.74, 6) is -1.01. The maximum Gasteiger partial charge on any atom is 0.240 e. The van der Waals surface area contributed by atoms with Gasteiger partial charge in [-0.15, -0.1) is 0 Å². The average Bonchev–Trinajstić information content (AvgIpc) is 2.77. The van der Waals surface area contributed by atoms with Gasteiger partial charge in [0.25, 0.3) is 0 Å². The summed E-state index contributed by atoms with van der Waals surface area (Å²) in [7, 11) is -3.93. The van der Waals surface area contributed by atoms with Gasteiger partial charge in [0, 0.05) is 25.5 Å². The minimum absolute atomic E-state index is 0.0206.